The van der Waals surface area contributed by atoms with E-state index in [1.54, 1.807) is 7.05 Å². The third-order valence-electron chi connectivity index (χ3n) is 3.14. The number of amides is 1. The minimum absolute atomic E-state index is 0.122. The van der Waals surface area contributed by atoms with E-state index in [0.29, 0.717) is 6.42 Å². The lowest BCUT2D eigenvalue weighted by Gasteiger charge is -2.34. The summed E-state index contributed by atoms with van der Waals surface area (Å²) < 4.78 is 0. The first kappa shape index (κ1) is 11.5. The smallest absolute Gasteiger partial charge is 0.221 e. The second-order valence-electron chi connectivity index (χ2n) is 4.47. The molecule has 0 radical (unpaired) electrons. The van der Waals surface area contributed by atoms with Crippen LogP contribution in [0.15, 0.2) is 0 Å². The standard InChI is InChI=1S/C11H22N2O/c1-11(7-4-3-5-8-11)13-9-6-10(14)12-2/h13H,3-9H2,1-2H3,(H,12,14). The molecule has 1 fully saturated rings. The van der Waals surface area contributed by atoms with Crippen molar-refractivity contribution in [1.82, 2.24) is 10.6 Å². The van der Waals surface area contributed by atoms with E-state index in [1.165, 1.54) is 32.1 Å². The molecular weight excluding hydrogens is 176 g/mol. The fourth-order valence-electron chi connectivity index (χ4n) is 2.11. The Labute approximate surface area is 86.6 Å². The Morgan fingerprint density at radius 1 is 1.29 bits per heavy atom. The third-order valence-corrected chi connectivity index (χ3v) is 3.14. The molecule has 1 amide bonds. The van der Waals surface area contributed by atoms with Crippen LogP contribution in [0.1, 0.15) is 45.4 Å². The van der Waals surface area contributed by atoms with E-state index in [4.69, 9.17) is 0 Å². The summed E-state index contributed by atoms with van der Waals surface area (Å²) in [5.41, 5.74) is 0.284. The quantitative estimate of drug-likeness (QED) is 0.717. The Morgan fingerprint density at radius 2 is 1.93 bits per heavy atom. The van der Waals surface area contributed by atoms with Gasteiger partial charge in [-0.15, -0.1) is 0 Å². The largest absolute Gasteiger partial charge is 0.359 e. The van der Waals surface area contributed by atoms with Gasteiger partial charge in [-0.25, -0.2) is 0 Å². The summed E-state index contributed by atoms with van der Waals surface area (Å²) in [5, 5.41) is 6.14. The molecular formula is C11H22N2O. The van der Waals surface area contributed by atoms with Crippen molar-refractivity contribution in [3.05, 3.63) is 0 Å². The lowest BCUT2D eigenvalue weighted by molar-refractivity contribution is -0.120. The molecule has 0 bridgehead atoms. The summed E-state index contributed by atoms with van der Waals surface area (Å²) >= 11 is 0. The molecule has 0 heterocycles. The zero-order chi connectivity index (χ0) is 10.4. The van der Waals surface area contributed by atoms with E-state index in [2.05, 4.69) is 17.6 Å². The number of carbonyl (C=O) groups excluding carboxylic acids is 1. The molecule has 0 aromatic carbocycles. The van der Waals surface area contributed by atoms with Crippen LogP contribution in [0.4, 0.5) is 0 Å². The van der Waals surface area contributed by atoms with Crippen LogP contribution in [0.25, 0.3) is 0 Å². The SMILES string of the molecule is CNC(=O)CCNC1(C)CCCCC1. The molecule has 0 unspecified atom stereocenters. The molecule has 0 spiro atoms. The average molecular weight is 198 g/mol. The lowest BCUT2D eigenvalue weighted by atomic mass is 9.83. The average Bonchev–Trinajstić information content (AvgIpc) is 2.18. The predicted octanol–water partition coefficient (Wildman–Crippen LogP) is 1.43. The van der Waals surface area contributed by atoms with Gasteiger partial charge in [0.25, 0.3) is 0 Å². The molecule has 1 aliphatic rings. The lowest BCUT2D eigenvalue weighted by Crippen LogP contribution is -2.45. The summed E-state index contributed by atoms with van der Waals surface area (Å²) in [6.45, 7) is 3.08. The van der Waals surface area contributed by atoms with Gasteiger partial charge in [-0.3, -0.25) is 4.79 Å². The molecule has 3 heteroatoms. The Balaban J connectivity index is 2.18. The molecule has 3 nitrogen and oxygen atoms in total. The Kier molecular flexibility index (Phi) is 4.39. The number of rotatable bonds is 4. The van der Waals surface area contributed by atoms with Gasteiger partial charge in [0.1, 0.15) is 0 Å². The molecule has 82 valence electrons. The van der Waals surface area contributed by atoms with Crippen LogP contribution in [-0.4, -0.2) is 25.0 Å². The minimum atomic E-state index is 0.122. The molecule has 0 atom stereocenters. The summed E-state index contributed by atoms with van der Waals surface area (Å²) in [7, 11) is 1.69. The Morgan fingerprint density at radius 3 is 2.50 bits per heavy atom. The normalized spacial score (nSPS) is 20.4. The van der Waals surface area contributed by atoms with E-state index in [0.717, 1.165) is 6.54 Å². The van der Waals surface area contributed by atoms with E-state index in [-0.39, 0.29) is 11.4 Å². The summed E-state index contributed by atoms with van der Waals surface area (Å²) in [6, 6.07) is 0. The van der Waals surface area contributed by atoms with Crippen molar-refractivity contribution in [1.29, 1.82) is 0 Å². The van der Waals surface area contributed by atoms with Gasteiger partial charge < -0.3 is 10.6 Å². The van der Waals surface area contributed by atoms with E-state index < -0.39 is 0 Å². The maximum absolute atomic E-state index is 11.0. The van der Waals surface area contributed by atoms with Crippen LogP contribution >= 0.6 is 0 Å². The van der Waals surface area contributed by atoms with Gasteiger partial charge in [-0.05, 0) is 19.8 Å². The second-order valence-corrected chi connectivity index (χ2v) is 4.47. The van der Waals surface area contributed by atoms with Crippen molar-refractivity contribution in [2.24, 2.45) is 0 Å². The molecule has 0 saturated heterocycles. The predicted molar refractivity (Wildman–Crippen MR) is 58.2 cm³/mol. The monoisotopic (exact) mass is 198 g/mol. The molecule has 0 aromatic rings. The van der Waals surface area contributed by atoms with Crippen molar-refractivity contribution in [2.75, 3.05) is 13.6 Å². The number of hydrogen-bond acceptors (Lipinski definition) is 2. The number of carbonyl (C=O) groups is 1. The first-order valence-electron chi connectivity index (χ1n) is 5.62. The summed E-state index contributed by atoms with van der Waals surface area (Å²) in [6.07, 6.45) is 7.10. The van der Waals surface area contributed by atoms with E-state index >= 15 is 0 Å². The molecule has 2 N–H and O–H groups in total. The van der Waals surface area contributed by atoms with E-state index in [9.17, 15) is 4.79 Å². The molecule has 0 aromatic heterocycles. The highest BCUT2D eigenvalue weighted by Crippen LogP contribution is 2.27. The Hall–Kier alpha value is -0.570. The molecule has 1 rings (SSSR count). The first-order chi connectivity index (χ1) is 6.66. The molecule has 1 saturated carbocycles. The van der Waals surface area contributed by atoms with Crippen LogP contribution in [-0.2, 0) is 4.79 Å². The van der Waals surface area contributed by atoms with Crippen LogP contribution in [0.5, 0.6) is 0 Å². The highest BCUT2D eigenvalue weighted by molar-refractivity contribution is 5.75. The van der Waals surface area contributed by atoms with Gasteiger partial charge >= 0.3 is 0 Å². The first-order valence-corrected chi connectivity index (χ1v) is 5.62. The van der Waals surface area contributed by atoms with Crippen molar-refractivity contribution < 1.29 is 4.79 Å². The zero-order valence-corrected chi connectivity index (χ0v) is 9.36. The number of nitrogens with one attached hydrogen (secondary N) is 2. The van der Waals surface area contributed by atoms with Gasteiger partial charge in [0, 0.05) is 25.6 Å². The Bertz CT molecular complexity index is 186. The minimum Gasteiger partial charge on any atom is -0.359 e. The van der Waals surface area contributed by atoms with Gasteiger partial charge in [0.05, 0.1) is 0 Å². The van der Waals surface area contributed by atoms with Gasteiger partial charge in [-0.1, -0.05) is 19.3 Å². The molecule has 14 heavy (non-hydrogen) atoms. The third kappa shape index (κ3) is 3.66. The topological polar surface area (TPSA) is 41.1 Å². The van der Waals surface area contributed by atoms with Crippen LogP contribution < -0.4 is 10.6 Å². The maximum atomic E-state index is 11.0. The van der Waals surface area contributed by atoms with Crippen molar-refractivity contribution in [3.63, 3.8) is 0 Å². The van der Waals surface area contributed by atoms with Crippen molar-refractivity contribution >= 4 is 5.91 Å². The van der Waals surface area contributed by atoms with E-state index in [1.807, 2.05) is 0 Å². The van der Waals surface area contributed by atoms with Crippen LogP contribution in [0.2, 0.25) is 0 Å². The van der Waals surface area contributed by atoms with Crippen LogP contribution in [0.3, 0.4) is 0 Å². The zero-order valence-electron chi connectivity index (χ0n) is 9.36. The fraction of sp³-hybridized carbons (Fsp3) is 0.909. The molecule has 1 aliphatic carbocycles. The van der Waals surface area contributed by atoms with Crippen molar-refractivity contribution in [3.8, 4) is 0 Å². The number of hydrogen-bond donors (Lipinski definition) is 2. The summed E-state index contributed by atoms with van der Waals surface area (Å²) in [4.78, 5) is 11.0. The molecule has 0 aliphatic heterocycles. The van der Waals surface area contributed by atoms with Gasteiger partial charge in [-0.2, -0.15) is 0 Å². The summed E-state index contributed by atoms with van der Waals surface area (Å²) in [5.74, 6) is 0.122. The highest BCUT2D eigenvalue weighted by atomic mass is 16.1. The fourth-order valence-corrected chi connectivity index (χ4v) is 2.11. The highest BCUT2D eigenvalue weighted by Gasteiger charge is 2.25. The van der Waals surface area contributed by atoms with Gasteiger partial charge in [0.15, 0.2) is 0 Å². The van der Waals surface area contributed by atoms with Crippen molar-refractivity contribution in [2.45, 2.75) is 51.0 Å². The van der Waals surface area contributed by atoms with Crippen LogP contribution in [0, 0.1) is 0 Å². The van der Waals surface area contributed by atoms with Gasteiger partial charge in [0.2, 0.25) is 5.91 Å². The second kappa shape index (κ2) is 5.35. The maximum Gasteiger partial charge on any atom is 0.221 e.